The van der Waals surface area contributed by atoms with Gasteiger partial charge in [-0.25, -0.2) is 0 Å². The number of amides is 1. The van der Waals surface area contributed by atoms with Crippen LogP contribution >= 0.6 is 11.6 Å². The standard InChI is InChI=1S/C22H25ClN4O3/c1-5-30-17-13-15(12-16(23)21(17)29-4)9-10-19(28)24-20(14(2)3)22-26-25-18-8-6-7-11-27(18)22/h6-14,20H,5H2,1-4H3,(H,24,28)/b10-9+/t20-/m0/s1. The third kappa shape index (κ3) is 4.74. The molecule has 158 valence electrons. The lowest BCUT2D eigenvalue weighted by atomic mass is 10.0. The first kappa shape index (κ1) is 21.6. The topological polar surface area (TPSA) is 77.8 Å². The van der Waals surface area contributed by atoms with Crippen LogP contribution in [0.15, 0.2) is 42.6 Å². The number of ether oxygens (including phenoxy) is 2. The van der Waals surface area contributed by atoms with E-state index in [9.17, 15) is 4.79 Å². The number of hydrogen-bond donors (Lipinski definition) is 1. The summed E-state index contributed by atoms with van der Waals surface area (Å²) in [6.45, 7) is 6.40. The summed E-state index contributed by atoms with van der Waals surface area (Å²) in [6, 6.07) is 8.89. The van der Waals surface area contributed by atoms with E-state index >= 15 is 0 Å². The van der Waals surface area contributed by atoms with Crippen molar-refractivity contribution < 1.29 is 14.3 Å². The molecule has 0 spiro atoms. The Morgan fingerprint density at radius 2 is 2.10 bits per heavy atom. The van der Waals surface area contributed by atoms with Crippen molar-refractivity contribution in [3.8, 4) is 11.5 Å². The summed E-state index contributed by atoms with van der Waals surface area (Å²) in [5, 5.41) is 11.9. The van der Waals surface area contributed by atoms with Gasteiger partial charge < -0.3 is 14.8 Å². The third-order valence-electron chi connectivity index (χ3n) is 4.55. The maximum atomic E-state index is 12.6. The normalized spacial score (nSPS) is 12.5. The Balaban J connectivity index is 1.80. The molecule has 8 heteroatoms. The van der Waals surface area contributed by atoms with E-state index in [-0.39, 0.29) is 17.9 Å². The highest BCUT2D eigenvalue weighted by molar-refractivity contribution is 6.32. The summed E-state index contributed by atoms with van der Waals surface area (Å²) >= 11 is 6.28. The van der Waals surface area contributed by atoms with Gasteiger partial charge in [-0.2, -0.15) is 0 Å². The number of benzene rings is 1. The number of pyridine rings is 1. The SMILES string of the molecule is CCOc1cc(/C=C/C(=O)N[C@H](c2nnc3ccccn23)C(C)C)cc(Cl)c1OC. The molecule has 30 heavy (non-hydrogen) atoms. The Morgan fingerprint density at radius 3 is 2.80 bits per heavy atom. The number of carbonyl (C=O) groups excluding carboxylic acids is 1. The van der Waals surface area contributed by atoms with E-state index in [0.717, 1.165) is 11.2 Å². The van der Waals surface area contributed by atoms with Crippen molar-refractivity contribution in [2.24, 2.45) is 5.92 Å². The predicted octanol–water partition coefficient (Wildman–Crippen LogP) is 4.32. The lowest BCUT2D eigenvalue weighted by Gasteiger charge is -2.20. The van der Waals surface area contributed by atoms with Crippen molar-refractivity contribution in [3.63, 3.8) is 0 Å². The van der Waals surface area contributed by atoms with Crippen LogP contribution in [0.25, 0.3) is 11.7 Å². The molecule has 7 nitrogen and oxygen atoms in total. The van der Waals surface area contributed by atoms with Crippen molar-refractivity contribution in [2.75, 3.05) is 13.7 Å². The smallest absolute Gasteiger partial charge is 0.244 e. The fraction of sp³-hybridized carbons (Fsp3) is 0.318. The highest BCUT2D eigenvalue weighted by Gasteiger charge is 2.22. The molecule has 1 amide bonds. The predicted molar refractivity (Wildman–Crippen MR) is 117 cm³/mol. The van der Waals surface area contributed by atoms with Crippen LogP contribution in [0, 0.1) is 5.92 Å². The molecule has 0 saturated carbocycles. The molecule has 1 atom stereocenters. The summed E-state index contributed by atoms with van der Waals surface area (Å²) in [5.74, 6) is 1.57. The van der Waals surface area contributed by atoms with Crippen LogP contribution in [0.1, 0.15) is 38.2 Å². The van der Waals surface area contributed by atoms with Gasteiger partial charge in [-0.05, 0) is 48.7 Å². The van der Waals surface area contributed by atoms with Gasteiger partial charge in [0.15, 0.2) is 23.0 Å². The van der Waals surface area contributed by atoms with Crippen molar-refractivity contribution in [2.45, 2.75) is 26.8 Å². The average Bonchev–Trinajstić information content (AvgIpc) is 3.14. The second-order valence-corrected chi connectivity index (χ2v) is 7.42. The number of aromatic nitrogens is 3. The summed E-state index contributed by atoms with van der Waals surface area (Å²) in [5.41, 5.74) is 1.47. The molecule has 0 aliphatic carbocycles. The minimum Gasteiger partial charge on any atom is -0.491 e. The van der Waals surface area contributed by atoms with Crippen LogP contribution in [0.2, 0.25) is 5.02 Å². The van der Waals surface area contributed by atoms with E-state index in [1.165, 1.54) is 13.2 Å². The first-order valence-corrected chi connectivity index (χ1v) is 10.1. The number of nitrogens with one attached hydrogen (secondary N) is 1. The second kappa shape index (κ2) is 9.63. The van der Waals surface area contributed by atoms with Gasteiger partial charge in [0.1, 0.15) is 0 Å². The minimum absolute atomic E-state index is 0.120. The fourth-order valence-electron chi connectivity index (χ4n) is 3.12. The van der Waals surface area contributed by atoms with Gasteiger partial charge in [0.05, 0.1) is 24.8 Å². The van der Waals surface area contributed by atoms with E-state index in [0.29, 0.717) is 29.0 Å². The molecule has 0 saturated heterocycles. The van der Waals surface area contributed by atoms with Crippen LogP contribution in [0.4, 0.5) is 0 Å². The number of fused-ring (bicyclic) bond motifs is 1. The minimum atomic E-state index is -0.294. The zero-order valence-corrected chi connectivity index (χ0v) is 18.2. The van der Waals surface area contributed by atoms with Gasteiger partial charge in [0.25, 0.3) is 0 Å². The van der Waals surface area contributed by atoms with Crippen molar-refractivity contribution >= 4 is 29.2 Å². The molecule has 3 rings (SSSR count). The molecule has 0 bridgehead atoms. The van der Waals surface area contributed by atoms with Crippen LogP contribution in [-0.4, -0.2) is 34.2 Å². The first-order chi connectivity index (χ1) is 14.4. The molecule has 3 aromatic rings. The molecule has 0 aliphatic heterocycles. The molecule has 2 heterocycles. The Labute approximate surface area is 180 Å². The Bertz CT molecular complexity index is 1060. The Kier molecular flexibility index (Phi) is 6.95. The van der Waals surface area contributed by atoms with E-state index in [2.05, 4.69) is 15.5 Å². The van der Waals surface area contributed by atoms with Crippen molar-refractivity contribution in [3.05, 3.63) is 59.0 Å². The molecule has 0 fully saturated rings. The third-order valence-corrected chi connectivity index (χ3v) is 4.83. The van der Waals surface area contributed by atoms with Crippen molar-refractivity contribution in [1.82, 2.24) is 19.9 Å². The zero-order valence-electron chi connectivity index (χ0n) is 17.4. The molecular formula is C22H25ClN4O3. The Hall–Kier alpha value is -3.06. The van der Waals surface area contributed by atoms with E-state index in [1.807, 2.05) is 49.6 Å². The maximum Gasteiger partial charge on any atom is 0.244 e. The van der Waals surface area contributed by atoms with Gasteiger partial charge >= 0.3 is 0 Å². The average molecular weight is 429 g/mol. The summed E-state index contributed by atoms with van der Waals surface area (Å²) in [7, 11) is 1.53. The first-order valence-electron chi connectivity index (χ1n) is 9.73. The molecule has 1 aromatic carbocycles. The highest BCUT2D eigenvalue weighted by Crippen LogP contribution is 2.36. The largest absolute Gasteiger partial charge is 0.491 e. The summed E-state index contributed by atoms with van der Waals surface area (Å²) in [4.78, 5) is 12.6. The van der Waals surface area contributed by atoms with Crippen molar-refractivity contribution in [1.29, 1.82) is 0 Å². The number of rotatable bonds is 8. The Morgan fingerprint density at radius 1 is 1.30 bits per heavy atom. The molecule has 0 aliphatic rings. The second-order valence-electron chi connectivity index (χ2n) is 7.02. The van der Waals surface area contributed by atoms with Gasteiger partial charge in [0.2, 0.25) is 5.91 Å². The summed E-state index contributed by atoms with van der Waals surface area (Å²) < 4.78 is 12.8. The lowest BCUT2D eigenvalue weighted by molar-refractivity contribution is -0.117. The highest BCUT2D eigenvalue weighted by atomic mass is 35.5. The molecule has 2 aromatic heterocycles. The van der Waals surface area contributed by atoms with E-state index < -0.39 is 0 Å². The summed E-state index contributed by atoms with van der Waals surface area (Å²) in [6.07, 6.45) is 5.03. The number of carbonyl (C=O) groups is 1. The van der Waals surface area contributed by atoms with Gasteiger partial charge in [-0.1, -0.05) is 31.5 Å². The van der Waals surface area contributed by atoms with Gasteiger partial charge in [-0.15, -0.1) is 10.2 Å². The lowest BCUT2D eigenvalue weighted by Crippen LogP contribution is -2.31. The van der Waals surface area contributed by atoms with Crippen LogP contribution < -0.4 is 14.8 Å². The molecule has 0 radical (unpaired) electrons. The number of halogens is 1. The molecular weight excluding hydrogens is 404 g/mol. The van der Waals surface area contributed by atoms with Crippen LogP contribution in [0.5, 0.6) is 11.5 Å². The van der Waals surface area contributed by atoms with Crippen LogP contribution in [0.3, 0.4) is 0 Å². The molecule has 0 unspecified atom stereocenters. The fourth-order valence-corrected chi connectivity index (χ4v) is 3.42. The zero-order chi connectivity index (χ0) is 21.7. The maximum absolute atomic E-state index is 12.6. The van der Waals surface area contributed by atoms with Gasteiger partial charge in [0, 0.05) is 12.3 Å². The van der Waals surface area contributed by atoms with Gasteiger partial charge in [-0.3, -0.25) is 9.20 Å². The number of nitrogens with zero attached hydrogens (tertiary/aromatic N) is 3. The quantitative estimate of drug-likeness (QED) is 0.541. The van der Waals surface area contributed by atoms with Crippen LogP contribution in [-0.2, 0) is 4.79 Å². The molecule has 1 N–H and O–H groups in total. The number of methoxy groups -OCH3 is 1. The van der Waals surface area contributed by atoms with E-state index in [1.54, 1.807) is 18.2 Å². The van der Waals surface area contributed by atoms with E-state index in [4.69, 9.17) is 21.1 Å². The number of hydrogen-bond acceptors (Lipinski definition) is 5. The monoisotopic (exact) mass is 428 g/mol.